The minimum atomic E-state index is -3.18. The molecule has 2 heterocycles. The van der Waals surface area contributed by atoms with Gasteiger partial charge in [0.05, 0.1) is 34.4 Å². The summed E-state index contributed by atoms with van der Waals surface area (Å²) >= 11 is 7.14. The normalized spacial score (nSPS) is 22.4. The minimum Gasteiger partial charge on any atom is -0.350 e. The average molecular weight is 388 g/mol. The van der Waals surface area contributed by atoms with Crippen molar-refractivity contribution in [3.8, 4) is 5.69 Å². The van der Waals surface area contributed by atoms with E-state index in [-0.39, 0.29) is 23.2 Å². The second-order valence-electron chi connectivity index (χ2n) is 5.26. The molecule has 0 unspecified atom stereocenters. The lowest BCUT2D eigenvalue weighted by atomic mass is 10.2. The molecule has 1 amide bonds. The average Bonchev–Trinajstić information content (AvgIpc) is 3.10. The van der Waals surface area contributed by atoms with Crippen molar-refractivity contribution in [2.24, 2.45) is 0 Å². The zero-order valence-electron chi connectivity index (χ0n) is 12.4. The molecule has 0 radical (unpaired) electrons. The Balaban J connectivity index is 1.59. The van der Waals surface area contributed by atoms with Gasteiger partial charge in [0.1, 0.15) is 0 Å². The Morgan fingerprint density at radius 3 is 2.75 bits per heavy atom. The van der Waals surface area contributed by atoms with Gasteiger partial charge in [0.15, 0.2) is 9.84 Å². The van der Waals surface area contributed by atoms with Crippen molar-refractivity contribution in [2.75, 3.05) is 17.3 Å². The predicted molar refractivity (Wildman–Crippen MR) is 90.1 cm³/mol. The summed E-state index contributed by atoms with van der Waals surface area (Å²) in [6, 6.07) is 8.74. The van der Waals surface area contributed by atoms with Gasteiger partial charge in [-0.2, -0.15) is 4.68 Å². The summed E-state index contributed by atoms with van der Waals surface area (Å²) in [6.45, 7) is 0. The smallest absolute Gasteiger partial charge is 0.230 e. The number of sulfone groups is 1. The molecule has 1 N–H and O–H groups in total. The number of amides is 1. The molecule has 0 spiro atoms. The van der Waals surface area contributed by atoms with E-state index in [4.69, 9.17) is 11.6 Å². The van der Waals surface area contributed by atoms with Gasteiger partial charge in [-0.25, -0.2) is 8.42 Å². The molecule has 0 bridgehead atoms. The van der Waals surface area contributed by atoms with Gasteiger partial charge in [0, 0.05) is 0 Å². The first-order chi connectivity index (χ1) is 11.4. The van der Waals surface area contributed by atoms with Crippen molar-refractivity contribution in [1.29, 1.82) is 0 Å². The zero-order chi connectivity index (χ0) is 17.2. The van der Waals surface area contributed by atoms with Gasteiger partial charge in [0.2, 0.25) is 11.1 Å². The molecule has 1 aliphatic heterocycles. The largest absolute Gasteiger partial charge is 0.350 e. The van der Waals surface area contributed by atoms with Crippen molar-refractivity contribution < 1.29 is 13.2 Å². The van der Waals surface area contributed by atoms with Gasteiger partial charge in [0.25, 0.3) is 0 Å². The first-order valence-corrected chi connectivity index (χ1v) is 10.3. The summed E-state index contributed by atoms with van der Waals surface area (Å²) in [5, 5.41) is 13.9. The minimum absolute atomic E-state index is 0.0629. The van der Waals surface area contributed by atoms with Crippen LogP contribution in [0.1, 0.15) is 0 Å². The van der Waals surface area contributed by atoms with Crippen molar-refractivity contribution in [3.05, 3.63) is 30.3 Å². The molecule has 3 rings (SSSR count). The fourth-order valence-corrected chi connectivity index (χ4v) is 5.57. The molecule has 0 saturated carbocycles. The van der Waals surface area contributed by atoms with Crippen LogP contribution in [0, 0.1) is 0 Å². The van der Waals surface area contributed by atoms with E-state index in [1.54, 1.807) is 0 Å². The maximum absolute atomic E-state index is 12.0. The van der Waals surface area contributed by atoms with Crippen molar-refractivity contribution in [2.45, 2.75) is 16.6 Å². The van der Waals surface area contributed by atoms with E-state index in [9.17, 15) is 13.2 Å². The number of tetrazole rings is 1. The number of thioether (sulfide) groups is 1. The highest BCUT2D eigenvalue weighted by Gasteiger charge is 2.37. The van der Waals surface area contributed by atoms with Crippen LogP contribution in [0.25, 0.3) is 5.69 Å². The third-order valence-corrected chi connectivity index (χ3v) is 6.70. The van der Waals surface area contributed by atoms with Gasteiger partial charge >= 0.3 is 0 Å². The number of alkyl halides is 1. The van der Waals surface area contributed by atoms with E-state index in [0.717, 1.165) is 17.4 Å². The number of aromatic nitrogens is 4. The number of hydrogen-bond donors (Lipinski definition) is 1. The number of hydrogen-bond acceptors (Lipinski definition) is 7. The molecule has 2 aromatic rings. The van der Waals surface area contributed by atoms with E-state index >= 15 is 0 Å². The summed E-state index contributed by atoms with van der Waals surface area (Å²) in [5.74, 6) is -0.485. The molecule has 1 saturated heterocycles. The van der Waals surface area contributed by atoms with Gasteiger partial charge in [-0.15, -0.1) is 16.7 Å². The monoisotopic (exact) mass is 387 g/mol. The third kappa shape index (κ3) is 4.05. The summed E-state index contributed by atoms with van der Waals surface area (Å²) in [7, 11) is -3.18. The fourth-order valence-electron chi connectivity index (χ4n) is 2.32. The molecule has 8 nitrogen and oxygen atoms in total. The molecule has 24 heavy (non-hydrogen) atoms. The summed E-state index contributed by atoms with van der Waals surface area (Å²) in [5.41, 5.74) is 0.785. The van der Waals surface area contributed by atoms with Crippen LogP contribution in [0.15, 0.2) is 35.5 Å². The molecular formula is C13H14ClN5O3S2. The number of nitrogens with one attached hydrogen (secondary N) is 1. The molecular weight excluding hydrogens is 374 g/mol. The van der Waals surface area contributed by atoms with Gasteiger partial charge in [-0.3, -0.25) is 4.79 Å². The number of carbonyl (C=O) groups is 1. The van der Waals surface area contributed by atoms with Gasteiger partial charge in [-0.1, -0.05) is 30.0 Å². The van der Waals surface area contributed by atoms with E-state index < -0.39 is 21.3 Å². The highest BCUT2D eigenvalue weighted by atomic mass is 35.5. The number of nitrogens with zero attached hydrogens (tertiary/aromatic N) is 4. The highest BCUT2D eigenvalue weighted by Crippen LogP contribution is 2.20. The highest BCUT2D eigenvalue weighted by molar-refractivity contribution is 7.99. The molecule has 0 aliphatic carbocycles. The molecule has 2 atom stereocenters. The Morgan fingerprint density at radius 1 is 1.33 bits per heavy atom. The lowest BCUT2D eigenvalue weighted by molar-refractivity contribution is -0.119. The number of benzene rings is 1. The maximum Gasteiger partial charge on any atom is 0.230 e. The quantitative estimate of drug-likeness (QED) is 0.579. The SMILES string of the molecule is O=C(CSc1nnnn1-c1ccccc1)N[C@H]1CS(=O)(=O)C[C@H]1Cl. The summed E-state index contributed by atoms with van der Waals surface area (Å²) < 4.78 is 24.5. The van der Waals surface area contributed by atoms with Crippen molar-refractivity contribution >= 4 is 39.1 Å². The molecule has 1 fully saturated rings. The Bertz CT molecular complexity index is 827. The lowest BCUT2D eigenvalue weighted by Crippen LogP contribution is -2.41. The van der Waals surface area contributed by atoms with Crippen LogP contribution in [0.2, 0.25) is 0 Å². The number of para-hydroxylation sites is 1. The fraction of sp³-hybridized carbons (Fsp3) is 0.385. The second-order valence-corrected chi connectivity index (χ2v) is 8.92. The van der Waals surface area contributed by atoms with Crippen LogP contribution in [0.5, 0.6) is 0 Å². The molecule has 11 heteroatoms. The topological polar surface area (TPSA) is 107 Å². The molecule has 1 aromatic carbocycles. The van der Waals surface area contributed by atoms with E-state index in [0.29, 0.717) is 5.16 Å². The Morgan fingerprint density at radius 2 is 2.08 bits per heavy atom. The number of halogens is 1. The lowest BCUT2D eigenvalue weighted by Gasteiger charge is -2.13. The van der Waals surface area contributed by atoms with Crippen LogP contribution in [-0.2, 0) is 14.6 Å². The Hall–Kier alpha value is -1.65. The molecule has 1 aromatic heterocycles. The Kier molecular flexibility index (Phi) is 5.07. The molecule has 1 aliphatic rings. The van der Waals surface area contributed by atoms with E-state index in [2.05, 4.69) is 20.8 Å². The van der Waals surface area contributed by atoms with Crippen LogP contribution in [-0.4, -0.2) is 63.2 Å². The zero-order valence-corrected chi connectivity index (χ0v) is 14.8. The number of carbonyl (C=O) groups excluding carboxylic acids is 1. The predicted octanol–water partition coefficient (Wildman–Crippen LogP) is 0.275. The first-order valence-electron chi connectivity index (χ1n) is 7.05. The maximum atomic E-state index is 12.0. The van der Waals surface area contributed by atoms with Crippen LogP contribution < -0.4 is 5.32 Å². The summed E-state index contributed by atoms with van der Waals surface area (Å²) in [6.07, 6.45) is 0. The third-order valence-electron chi connectivity index (χ3n) is 3.40. The van der Waals surface area contributed by atoms with Gasteiger partial charge in [-0.05, 0) is 22.6 Å². The van der Waals surface area contributed by atoms with Crippen LogP contribution in [0.4, 0.5) is 0 Å². The second kappa shape index (κ2) is 7.08. The number of rotatable bonds is 5. The summed E-state index contributed by atoms with van der Waals surface area (Å²) in [4.78, 5) is 12.0. The molecule has 128 valence electrons. The van der Waals surface area contributed by atoms with Crippen LogP contribution in [0.3, 0.4) is 0 Å². The first kappa shape index (κ1) is 17.2. The van der Waals surface area contributed by atoms with Gasteiger partial charge < -0.3 is 5.32 Å². The van der Waals surface area contributed by atoms with Crippen molar-refractivity contribution in [3.63, 3.8) is 0 Å². The standard InChI is InChI=1S/C13H14ClN5O3S2/c14-10-7-24(21,22)8-11(10)15-12(20)6-23-13-16-17-18-19(13)9-4-2-1-3-5-9/h1-5,10-11H,6-8H2,(H,15,20)/t10-,11+/m1/s1. The van der Waals surface area contributed by atoms with Crippen molar-refractivity contribution in [1.82, 2.24) is 25.5 Å². The van der Waals surface area contributed by atoms with E-state index in [1.807, 2.05) is 30.3 Å². The van der Waals surface area contributed by atoms with E-state index in [1.165, 1.54) is 4.68 Å². The Labute approximate surface area is 147 Å². The van der Waals surface area contributed by atoms with Crippen LogP contribution >= 0.6 is 23.4 Å².